The zero-order chi connectivity index (χ0) is 13.4. The molecule has 0 saturated carbocycles. The van der Waals surface area contributed by atoms with Crippen LogP contribution < -0.4 is 0 Å². The Labute approximate surface area is 104 Å². The second-order valence-electron chi connectivity index (χ2n) is 3.29. The minimum atomic E-state index is -4.57. The van der Waals surface area contributed by atoms with Crippen LogP contribution >= 0.6 is 0 Å². The molecule has 1 aromatic rings. The van der Waals surface area contributed by atoms with Crippen LogP contribution in [0.15, 0.2) is 46.9 Å². The third kappa shape index (κ3) is 5.83. The lowest BCUT2D eigenvalue weighted by molar-refractivity contribution is 0.563. The van der Waals surface area contributed by atoms with E-state index >= 15 is 0 Å². The first-order valence-electron chi connectivity index (χ1n) is 4.90. The van der Waals surface area contributed by atoms with Crippen LogP contribution in [0.3, 0.4) is 0 Å². The summed E-state index contributed by atoms with van der Waals surface area (Å²) in [5.74, 6) is 0. The molecule has 0 heterocycles. The van der Waals surface area contributed by atoms with Gasteiger partial charge in [-0.15, -0.1) is 3.89 Å². The van der Waals surface area contributed by atoms with Gasteiger partial charge in [0, 0.05) is 4.91 Å². The zero-order valence-electron chi connectivity index (χ0n) is 9.27. The fraction of sp³-hybridized carbons (Fsp3) is 0.0909. The third-order valence-electron chi connectivity index (χ3n) is 1.94. The second-order valence-corrected chi connectivity index (χ2v) is 4.52. The number of benzene rings is 1. The lowest BCUT2D eigenvalue weighted by Crippen LogP contribution is -1.80. The Bertz CT molecular complexity index is 600. The molecule has 0 unspecified atom stereocenters. The Morgan fingerprint density at radius 1 is 1.28 bits per heavy atom. The van der Waals surface area contributed by atoms with E-state index in [1.165, 1.54) is 6.08 Å². The van der Waals surface area contributed by atoms with E-state index in [0.29, 0.717) is 5.41 Å². The average Bonchev–Trinajstić information content (AvgIpc) is 2.32. The minimum absolute atomic E-state index is 0.278. The molecule has 0 aliphatic rings. The Morgan fingerprint density at radius 3 is 2.50 bits per heavy atom. The average molecular weight is 267 g/mol. The molecule has 0 aliphatic carbocycles. The minimum Gasteiger partial charge on any atom is -0.190 e. The molecule has 0 atom stereocenters. The van der Waals surface area contributed by atoms with Crippen molar-refractivity contribution < 1.29 is 12.3 Å². The number of rotatable bonds is 5. The lowest BCUT2D eigenvalue weighted by atomic mass is 10.1. The Hall–Kier alpha value is -2.11. The number of hydrogen-bond donors (Lipinski definition) is 0. The molecule has 0 radical (unpaired) electrons. The predicted molar refractivity (Wildman–Crippen MR) is 67.5 cm³/mol. The second kappa shape index (κ2) is 6.58. The molecule has 0 fully saturated rings. The SMILES string of the molecule is [N-]=[N+]=NCc1ccc(/C=C/C=C/S(=O)(=O)F)cc1. The van der Waals surface area contributed by atoms with Gasteiger partial charge < -0.3 is 0 Å². The van der Waals surface area contributed by atoms with Gasteiger partial charge in [-0.25, -0.2) is 0 Å². The molecule has 0 N–H and O–H groups in total. The smallest absolute Gasteiger partial charge is 0.190 e. The van der Waals surface area contributed by atoms with Gasteiger partial charge in [0.1, 0.15) is 0 Å². The quantitative estimate of drug-likeness (QED) is 0.269. The van der Waals surface area contributed by atoms with E-state index in [-0.39, 0.29) is 6.54 Å². The Morgan fingerprint density at radius 2 is 1.94 bits per heavy atom. The summed E-state index contributed by atoms with van der Waals surface area (Å²) < 4.78 is 32.4. The van der Waals surface area contributed by atoms with E-state index in [1.54, 1.807) is 30.3 Å². The van der Waals surface area contributed by atoms with Crippen LogP contribution in [0.4, 0.5) is 3.89 Å². The van der Waals surface area contributed by atoms with Crippen molar-refractivity contribution in [3.8, 4) is 0 Å². The van der Waals surface area contributed by atoms with Crippen molar-refractivity contribution in [1.82, 2.24) is 0 Å². The van der Waals surface area contributed by atoms with Crippen LogP contribution in [0.5, 0.6) is 0 Å². The first-order valence-corrected chi connectivity index (χ1v) is 6.35. The van der Waals surface area contributed by atoms with Gasteiger partial charge in [0.2, 0.25) is 0 Å². The van der Waals surface area contributed by atoms with Gasteiger partial charge in [-0.2, -0.15) is 8.42 Å². The number of halogens is 1. The van der Waals surface area contributed by atoms with E-state index in [4.69, 9.17) is 5.53 Å². The molecule has 0 bridgehead atoms. The highest BCUT2D eigenvalue weighted by molar-refractivity contribution is 7.89. The van der Waals surface area contributed by atoms with Crippen molar-refractivity contribution in [2.45, 2.75) is 6.54 Å². The first kappa shape index (κ1) is 14.0. The van der Waals surface area contributed by atoms with Crippen molar-refractivity contribution in [3.63, 3.8) is 0 Å². The van der Waals surface area contributed by atoms with Crippen LogP contribution in [0.2, 0.25) is 0 Å². The van der Waals surface area contributed by atoms with Crippen LogP contribution in [0, 0.1) is 0 Å². The molecule has 1 rings (SSSR count). The molecule has 7 heteroatoms. The summed E-state index contributed by atoms with van der Waals surface area (Å²) in [4.78, 5) is 2.65. The molecule has 0 amide bonds. The summed E-state index contributed by atoms with van der Waals surface area (Å²) in [6, 6.07) is 7.11. The molecule has 0 aromatic heterocycles. The maximum absolute atomic E-state index is 12.1. The largest absolute Gasteiger partial charge is 0.325 e. The highest BCUT2D eigenvalue weighted by Gasteiger charge is 1.95. The van der Waals surface area contributed by atoms with Gasteiger partial charge >= 0.3 is 10.2 Å². The summed E-state index contributed by atoms with van der Waals surface area (Å²) in [6.07, 6.45) is 4.14. The summed E-state index contributed by atoms with van der Waals surface area (Å²) in [5, 5.41) is 3.89. The molecule has 0 spiro atoms. The van der Waals surface area contributed by atoms with Gasteiger partial charge in [-0.05, 0) is 22.7 Å². The van der Waals surface area contributed by atoms with Gasteiger partial charge in [0.05, 0.1) is 12.0 Å². The van der Waals surface area contributed by atoms with E-state index in [1.807, 2.05) is 0 Å². The molecular formula is C11H10FN3O2S. The van der Waals surface area contributed by atoms with Crippen molar-refractivity contribution >= 4 is 16.3 Å². The normalized spacial score (nSPS) is 11.8. The molecule has 5 nitrogen and oxygen atoms in total. The molecule has 94 valence electrons. The Kier molecular flexibility index (Phi) is 5.10. The van der Waals surface area contributed by atoms with E-state index in [2.05, 4.69) is 10.0 Å². The van der Waals surface area contributed by atoms with Crippen molar-refractivity contribution in [2.75, 3.05) is 0 Å². The number of azide groups is 1. The zero-order valence-corrected chi connectivity index (χ0v) is 10.1. The number of allylic oxidation sites excluding steroid dienone is 2. The fourth-order valence-electron chi connectivity index (χ4n) is 1.15. The topological polar surface area (TPSA) is 82.9 Å². The van der Waals surface area contributed by atoms with E-state index in [0.717, 1.165) is 17.2 Å². The Balaban J connectivity index is 2.66. The maximum Gasteiger partial charge on any atom is 0.325 e. The molecular weight excluding hydrogens is 257 g/mol. The molecule has 0 saturated heterocycles. The van der Waals surface area contributed by atoms with Gasteiger partial charge in [-0.1, -0.05) is 41.5 Å². The summed E-state index contributed by atoms with van der Waals surface area (Å²) in [7, 11) is -4.57. The van der Waals surface area contributed by atoms with Crippen LogP contribution in [0.25, 0.3) is 16.5 Å². The monoisotopic (exact) mass is 267 g/mol. The van der Waals surface area contributed by atoms with Crippen molar-refractivity contribution in [3.05, 3.63) is 63.4 Å². The maximum atomic E-state index is 12.1. The molecule has 1 aromatic carbocycles. The summed E-state index contributed by atoms with van der Waals surface area (Å²) in [5.41, 5.74) is 9.84. The van der Waals surface area contributed by atoms with Gasteiger partial charge in [0.15, 0.2) is 0 Å². The van der Waals surface area contributed by atoms with Crippen molar-refractivity contribution in [1.29, 1.82) is 0 Å². The highest BCUT2D eigenvalue weighted by Crippen LogP contribution is 2.07. The highest BCUT2D eigenvalue weighted by atomic mass is 32.3. The van der Waals surface area contributed by atoms with Crippen LogP contribution in [0.1, 0.15) is 11.1 Å². The summed E-state index contributed by atoms with van der Waals surface area (Å²) >= 11 is 0. The lowest BCUT2D eigenvalue weighted by Gasteiger charge is -1.96. The van der Waals surface area contributed by atoms with Crippen molar-refractivity contribution in [2.24, 2.45) is 5.11 Å². The molecule has 0 aliphatic heterocycles. The number of nitrogens with zero attached hydrogens (tertiary/aromatic N) is 3. The predicted octanol–water partition coefficient (Wildman–Crippen LogP) is 3.32. The van der Waals surface area contributed by atoms with Gasteiger partial charge in [0.25, 0.3) is 0 Å². The van der Waals surface area contributed by atoms with Crippen LogP contribution in [-0.2, 0) is 16.8 Å². The fourth-order valence-corrected chi connectivity index (χ4v) is 1.43. The van der Waals surface area contributed by atoms with E-state index < -0.39 is 10.2 Å². The summed E-state index contributed by atoms with van der Waals surface area (Å²) in [6.45, 7) is 0.278. The molecule has 18 heavy (non-hydrogen) atoms. The number of hydrogen-bond acceptors (Lipinski definition) is 3. The standard InChI is InChI=1S/C11H10FN3O2S/c12-18(16,17)8-2-1-3-10-4-6-11(7-5-10)9-14-15-13/h1-8H,9H2/b3-1+,8-2+. The van der Waals surface area contributed by atoms with E-state index in [9.17, 15) is 12.3 Å². The first-order chi connectivity index (χ1) is 8.51. The van der Waals surface area contributed by atoms with Gasteiger partial charge in [-0.3, -0.25) is 0 Å². The van der Waals surface area contributed by atoms with Crippen LogP contribution in [-0.4, -0.2) is 8.42 Å². The third-order valence-corrected chi connectivity index (χ3v) is 2.42.